The van der Waals surface area contributed by atoms with E-state index < -0.39 is 0 Å². The molecule has 0 saturated heterocycles. The molecule has 0 saturated carbocycles. The van der Waals surface area contributed by atoms with Crippen LogP contribution in [-0.2, 0) is 0 Å². The van der Waals surface area contributed by atoms with Gasteiger partial charge in [0.25, 0.3) is 0 Å². The molecule has 0 fully saturated rings. The van der Waals surface area contributed by atoms with Crippen molar-refractivity contribution in [3.63, 3.8) is 0 Å². The fraction of sp³-hybridized carbons (Fsp3) is 0. The first kappa shape index (κ1) is 19.3. The van der Waals surface area contributed by atoms with E-state index >= 15 is 0 Å². The third-order valence-corrected chi connectivity index (χ3v) is 6.11. The summed E-state index contributed by atoms with van der Waals surface area (Å²) in [6.45, 7) is 0. The Morgan fingerprint density at radius 1 is 0.303 bits per heavy atom. The summed E-state index contributed by atoms with van der Waals surface area (Å²) in [4.78, 5) is 0. The lowest BCUT2D eigenvalue weighted by Gasteiger charge is -2.11. The van der Waals surface area contributed by atoms with Crippen molar-refractivity contribution >= 4 is 10.8 Å². The molecule has 1 heteroatoms. The topological polar surface area (TPSA) is 13.1 Å². The van der Waals surface area contributed by atoms with Gasteiger partial charge >= 0.3 is 0 Å². The minimum absolute atomic E-state index is 0.904. The second-order valence-electron chi connectivity index (χ2n) is 8.14. The Labute approximate surface area is 193 Å². The average Bonchev–Trinajstić information content (AvgIpc) is 3.31. The Hall–Kier alpha value is -4.36. The van der Waals surface area contributed by atoms with Crippen molar-refractivity contribution < 1.29 is 4.42 Å². The fourth-order valence-electron chi connectivity index (χ4n) is 4.58. The summed E-state index contributed by atoms with van der Waals surface area (Å²) in [5.74, 6) is 1.81. The molecule has 0 aliphatic heterocycles. The standard InChI is InChI=1S/C32H22O/c1-5-13-23(14-6-1)27-21-22-28(24-15-7-2-8-16-24)30-29(27)31(25-17-9-3-10-18-25)33-32(30)26-19-11-4-12-20-26/h1-22H. The minimum Gasteiger partial charge on any atom is -0.455 e. The van der Waals surface area contributed by atoms with Crippen molar-refractivity contribution in [2.75, 3.05) is 0 Å². The number of rotatable bonds is 4. The minimum atomic E-state index is 0.904. The third-order valence-electron chi connectivity index (χ3n) is 6.11. The number of hydrogen-bond acceptors (Lipinski definition) is 1. The van der Waals surface area contributed by atoms with Gasteiger partial charge in [-0.3, -0.25) is 0 Å². The summed E-state index contributed by atoms with van der Waals surface area (Å²) in [6.07, 6.45) is 0. The highest BCUT2D eigenvalue weighted by molar-refractivity contribution is 6.16. The van der Waals surface area contributed by atoms with Crippen LogP contribution in [-0.4, -0.2) is 0 Å². The molecule has 33 heavy (non-hydrogen) atoms. The summed E-state index contributed by atoms with van der Waals surface area (Å²) in [5, 5.41) is 2.29. The summed E-state index contributed by atoms with van der Waals surface area (Å²) in [6, 6.07) is 46.4. The first-order valence-electron chi connectivity index (χ1n) is 11.2. The van der Waals surface area contributed by atoms with E-state index in [1.54, 1.807) is 0 Å². The highest BCUT2D eigenvalue weighted by Gasteiger charge is 2.23. The molecule has 0 spiro atoms. The quantitative estimate of drug-likeness (QED) is 0.276. The summed E-state index contributed by atoms with van der Waals surface area (Å²) >= 11 is 0. The van der Waals surface area contributed by atoms with Gasteiger partial charge in [0.1, 0.15) is 11.5 Å². The molecule has 0 amide bonds. The highest BCUT2D eigenvalue weighted by atomic mass is 16.3. The van der Waals surface area contributed by atoms with Crippen molar-refractivity contribution in [2.45, 2.75) is 0 Å². The molecule has 0 aliphatic carbocycles. The van der Waals surface area contributed by atoms with E-state index in [9.17, 15) is 0 Å². The van der Waals surface area contributed by atoms with Crippen molar-refractivity contribution in [2.24, 2.45) is 0 Å². The second-order valence-corrected chi connectivity index (χ2v) is 8.14. The Bertz CT molecular complexity index is 1400. The second kappa shape index (κ2) is 8.29. The molecule has 5 aromatic carbocycles. The number of fused-ring (bicyclic) bond motifs is 1. The summed E-state index contributed by atoms with van der Waals surface area (Å²) < 4.78 is 6.76. The summed E-state index contributed by atoms with van der Waals surface area (Å²) in [5.41, 5.74) is 6.86. The van der Waals surface area contributed by atoms with Gasteiger partial charge < -0.3 is 4.42 Å². The lowest BCUT2D eigenvalue weighted by atomic mass is 9.90. The molecule has 0 N–H and O–H groups in total. The van der Waals surface area contributed by atoms with Gasteiger partial charge in [-0.1, -0.05) is 133 Å². The van der Waals surface area contributed by atoms with Gasteiger partial charge in [0.05, 0.1) is 0 Å². The molecule has 1 nitrogen and oxygen atoms in total. The molecular formula is C32H22O. The van der Waals surface area contributed by atoms with E-state index in [0.29, 0.717) is 0 Å². The van der Waals surface area contributed by atoms with Gasteiger partial charge in [-0.05, 0) is 22.3 Å². The molecule has 156 valence electrons. The maximum absolute atomic E-state index is 6.76. The molecular weight excluding hydrogens is 400 g/mol. The molecule has 1 heterocycles. The van der Waals surface area contributed by atoms with E-state index in [4.69, 9.17) is 4.42 Å². The fourth-order valence-corrected chi connectivity index (χ4v) is 4.58. The van der Waals surface area contributed by atoms with Crippen molar-refractivity contribution in [3.8, 4) is 44.9 Å². The predicted molar refractivity (Wildman–Crippen MR) is 138 cm³/mol. The number of benzene rings is 5. The molecule has 1 aromatic heterocycles. The van der Waals surface area contributed by atoms with E-state index in [1.165, 1.54) is 22.3 Å². The Balaban J connectivity index is 1.79. The monoisotopic (exact) mass is 422 g/mol. The molecule has 0 aliphatic rings. The summed E-state index contributed by atoms with van der Waals surface area (Å²) in [7, 11) is 0. The highest BCUT2D eigenvalue weighted by Crippen LogP contribution is 2.47. The molecule has 0 radical (unpaired) electrons. The zero-order chi connectivity index (χ0) is 22.0. The maximum Gasteiger partial charge on any atom is 0.143 e. The van der Waals surface area contributed by atoms with Crippen LogP contribution in [0.25, 0.3) is 55.7 Å². The normalized spacial score (nSPS) is 11.0. The van der Waals surface area contributed by atoms with Crippen molar-refractivity contribution in [1.29, 1.82) is 0 Å². The van der Waals surface area contributed by atoms with Gasteiger partial charge in [-0.2, -0.15) is 0 Å². The van der Waals surface area contributed by atoms with Crippen LogP contribution in [0.1, 0.15) is 0 Å². The SMILES string of the molecule is c1ccc(-c2ccc(-c3ccccc3)c3c(-c4ccccc4)oc(-c4ccccc4)c23)cc1. The maximum atomic E-state index is 6.76. The Kier molecular flexibility index (Phi) is 4.86. The van der Waals surface area contributed by atoms with Gasteiger partial charge in [0.15, 0.2) is 0 Å². The Morgan fingerprint density at radius 3 is 0.939 bits per heavy atom. The molecule has 6 aromatic rings. The number of furan rings is 1. The predicted octanol–water partition coefficient (Wildman–Crippen LogP) is 9.10. The van der Waals surface area contributed by atoms with E-state index in [0.717, 1.165) is 33.4 Å². The molecule has 0 atom stereocenters. The van der Waals surface area contributed by atoms with Crippen molar-refractivity contribution in [1.82, 2.24) is 0 Å². The van der Waals surface area contributed by atoms with Crippen LogP contribution in [0.5, 0.6) is 0 Å². The van der Waals surface area contributed by atoms with Gasteiger partial charge in [0, 0.05) is 21.9 Å². The van der Waals surface area contributed by atoms with Crippen LogP contribution in [0.3, 0.4) is 0 Å². The van der Waals surface area contributed by atoms with E-state index in [1.807, 2.05) is 12.1 Å². The van der Waals surface area contributed by atoms with Gasteiger partial charge in [-0.15, -0.1) is 0 Å². The first-order valence-corrected chi connectivity index (χ1v) is 11.2. The largest absolute Gasteiger partial charge is 0.455 e. The Morgan fingerprint density at radius 2 is 0.606 bits per heavy atom. The third kappa shape index (κ3) is 3.44. The first-order chi connectivity index (χ1) is 16.4. The zero-order valence-electron chi connectivity index (χ0n) is 18.1. The average molecular weight is 423 g/mol. The van der Waals surface area contributed by atoms with Crippen LogP contribution in [0.2, 0.25) is 0 Å². The molecule has 0 bridgehead atoms. The van der Waals surface area contributed by atoms with Crippen LogP contribution in [0, 0.1) is 0 Å². The molecule has 0 unspecified atom stereocenters. The number of hydrogen-bond donors (Lipinski definition) is 0. The van der Waals surface area contributed by atoms with Gasteiger partial charge in [-0.25, -0.2) is 0 Å². The van der Waals surface area contributed by atoms with Crippen LogP contribution < -0.4 is 0 Å². The van der Waals surface area contributed by atoms with Crippen LogP contribution in [0.15, 0.2) is 138 Å². The van der Waals surface area contributed by atoms with Gasteiger partial charge in [0.2, 0.25) is 0 Å². The van der Waals surface area contributed by atoms with Crippen LogP contribution >= 0.6 is 0 Å². The van der Waals surface area contributed by atoms with E-state index in [2.05, 4.69) is 121 Å². The van der Waals surface area contributed by atoms with Crippen LogP contribution in [0.4, 0.5) is 0 Å². The van der Waals surface area contributed by atoms with Crippen molar-refractivity contribution in [3.05, 3.63) is 133 Å². The molecule has 6 rings (SSSR count). The zero-order valence-corrected chi connectivity index (χ0v) is 18.1. The lowest BCUT2D eigenvalue weighted by molar-refractivity contribution is 0.602. The van der Waals surface area contributed by atoms with E-state index in [-0.39, 0.29) is 0 Å². The smallest absolute Gasteiger partial charge is 0.143 e. The lowest BCUT2D eigenvalue weighted by Crippen LogP contribution is -1.86.